The lowest BCUT2D eigenvalue weighted by Crippen LogP contribution is -2.20. The Balaban J connectivity index is 2.88. The van der Waals surface area contributed by atoms with Crippen LogP contribution in [-0.4, -0.2) is 35.1 Å². The molecule has 19 heavy (non-hydrogen) atoms. The van der Waals surface area contributed by atoms with E-state index in [-0.39, 0.29) is 17.7 Å². The lowest BCUT2D eigenvalue weighted by atomic mass is 10.2. The molecule has 0 saturated heterocycles. The Bertz CT molecular complexity index is 411. The number of nitrogens with zero attached hydrogens (tertiary/aromatic N) is 2. The standard InChI is InChI=1S/C11H17F3N4S/c1-7(4-5-19-3)16-9-6-8(15-2)17-10(18-9)11(12,13)14/h6-7H,4-5H2,1-3H3,(H2,15,16,17,18). The second-order valence-corrected chi connectivity index (χ2v) is 5.02. The van der Waals surface area contributed by atoms with E-state index in [0.29, 0.717) is 0 Å². The van der Waals surface area contributed by atoms with Crippen LogP contribution in [-0.2, 0) is 6.18 Å². The molecule has 0 amide bonds. The smallest absolute Gasteiger partial charge is 0.373 e. The molecular formula is C11H17F3N4S. The first-order chi connectivity index (χ1) is 8.86. The van der Waals surface area contributed by atoms with Gasteiger partial charge in [-0.1, -0.05) is 0 Å². The molecule has 108 valence electrons. The summed E-state index contributed by atoms with van der Waals surface area (Å²) >= 11 is 1.69. The largest absolute Gasteiger partial charge is 0.451 e. The van der Waals surface area contributed by atoms with Crippen LogP contribution in [0, 0.1) is 0 Å². The average molecular weight is 294 g/mol. The second-order valence-electron chi connectivity index (χ2n) is 4.04. The summed E-state index contributed by atoms with van der Waals surface area (Å²) in [7, 11) is 1.52. The van der Waals surface area contributed by atoms with Crippen molar-refractivity contribution in [2.24, 2.45) is 0 Å². The Morgan fingerprint density at radius 2 is 1.95 bits per heavy atom. The van der Waals surface area contributed by atoms with Gasteiger partial charge in [-0.3, -0.25) is 0 Å². The highest BCUT2D eigenvalue weighted by Gasteiger charge is 2.35. The summed E-state index contributed by atoms with van der Waals surface area (Å²) < 4.78 is 37.9. The topological polar surface area (TPSA) is 49.8 Å². The van der Waals surface area contributed by atoms with Gasteiger partial charge < -0.3 is 10.6 Å². The summed E-state index contributed by atoms with van der Waals surface area (Å²) in [6, 6.07) is 1.51. The molecule has 1 heterocycles. The van der Waals surface area contributed by atoms with Gasteiger partial charge >= 0.3 is 6.18 Å². The van der Waals surface area contributed by atoms with E-state index in [9.17, 15) is 13.2 Å². The number of halogens is 3. The molecule has 0 aliphatic heterocycles. The summed E-state index contributed by atoms with van der Waals surface area (Å²) in [5.74, 6) is 0.116. The molecule has 1 unspecified atom stereocenters. The van der Waals surface area contributed by atoms with Crippen molar-refractivity contribution < 1.29 is 13.2 Å². The van der Waals surface area contributed by atoms with Crippen LogP contribution in [0.5, 0.6) is 0 Å². The average Bonchev–Trinajstić information content (AvgIpc) is 2.34. The molecule has 0 aliphatic carbocycles. The quantitative estimate of drug-likeness (QED) is 0.844. The molecule has 1 atom stereocenters. The molecule has 0 spiro atoms. The van der Waals surface area contributed by atoms with Crippen molar-refractivity contribution >= 4 is 23.4 Å². The summed E-state index contributed by atoms with van der Waals surface area (Å²) in [6.45, 7) is 1.91. The van der Waals surface area contributed by atoms with E-state index >= 15 is 0 Å². The van der Waals surface area contributed by atoms with Crippen molar-refractivity contribution in [3.8, 4) is 0 Å². The van der Waals surface area contributed by atoms with E-state index in [1.807, 2.05) is 13.2 Å². The molecule has 1 aromatic heterocycles. The zero-order valence-corrected chi connectivity index (χ0v) is 11.8. The van der Waals surface area contributed by atoms with Crippen molar-refractivity contribution in [3.63, 3.8) is 0 Å². The van der Waals surface area contributed by atoms with Gasteiger partial charge in [-0.15, -0.1) is 0 Å². The highest BCUT2D eigenvalue weighted by atomic mass is 32.2. The molecule has 0 aromatic carbocycles. The van der Waals surface area contributed by atoms with Gasteiger partial charge in [0.2, 0.25) is 5.82 Å². The van der Waals surface area contributed by atoms with Crippen LogP contribution in [0.1, 0.15) is 19.2 Å². The molecule has 2 N–H and O–H groups in total. The monoisotopic (exact) mass is 294 g/mol. The van der Waals surface area contributed by atoms with Gasteiger partial charge in [0.15, 0.2) is 0 Å². The third-order valence-corrected chi connectivity index (χ3v) is 3.03. The van der Waals surface area contributed by atoms with E-state index < -0.39 is 12.0 Å². The van der Waals surface area contributed by atoms with Gasteiger partial charge in [-0.2, -0.15) is 24.9 Å². The van der Waals surface area contributed by atoms with E-state index in [1.54, 1.807) is 11.8 Å². The maximum Gasteiger partial charge on any atom is 0.451 e. The molecule has 4 nitrogen and oxygen atoms in total. The van der Waals surface area contributed by atoms with Crippen LogP contribution >= 0.6 is 11.8 Å². The van der Waals surface area contributed by atoms with E-state index in [1.165, 1.54) is 13.1 Å². The molecule has 0 aliphatic rings. The lowest BCUT2D eigenvalue weighted by molar-refractivity contribution is -0.144. The molecule has 0 fully saturated rings. The Morgan fingerprint density at radius 1 is 1.32 bits per heavy atom. The van der Waals surface area contributed by atoms with Crippen LogP contribution in [0.2, 0.25) is 0 Å². The molecular weight excluding hydrogens is 277 g/mol. The summed E-state index contributed by atoms with van der Waals surface area (Å²) in [5, 5.41) is 5.56. The number of rotatable bonds is 6. The SMILES string of the molecule is CNc1cc(NC(C)CCSC)nc(C(F)(F)F)n1. The number of hydrogen-bond acceptors (Lipinski definition) is 5. The minimum absolute atomic E-state index is 0.0492. The molecule has 0 bridgehead atoms. The minimum atomic E-state index is -4.55. The Kier molecular flexibility index (Phi) is 5.71. The Labute approximate surface area is 114 Å². The third kappa shape index (κ3) is 5.14. The number of hydrogen-bond donors (Lipinski definition) is 2. The predicted molar refractivity (Wildman–Crippen MR) is 72.7 cm³/mol. The van der Waals surface area contributed by atoms with Crippen molar-refractivity contribution in [1.82, 2.24) is 9.97 Å². The zero-order chi connectivity index (χ0) is 14.5. The first-order valence-corrected chi connectivity index (χ1v) is 7.15. The van der Waals surface area contributed by atoms with Crippen LogP contribution in [0.3, 0.4) is 0 Å². The van der Waals surface area contributed by atoms with Crippen LogP contribution in [0.4, 0.5) is 24.8 Å². The first-order valence-electron chi connectivity index (χ1n) is 5.76. The third-order valence-electron chi connectivity index (χ3n) is 2.39. The Hall–Kier alpha value is -1.18. The number of aromatic nitrogens is 2. The normalized spacial score (nSPS) is 13.2. The number of alkyl halides is 3. The predicted octanol–water partition coefficient (Wildman–Crippen LogP) is 3.09. The highest BCUT2D eigenvalue weighted by molar-refractivity contribution is 7.98. The number of nitrogens with one attached hydrogen (secondary N) is 2. The summed E-state index contributed by atoms with van der Waals surface area (Å²) in [4.78, 5) is 6.91. The maximum atomic E-state index is 12.6. The minimum Gasteiger partial charge on any atom is -0.373 e. The second kappa shape index (κ2) is 6.83. The Morgan fingerprint density at radius 3 is 2.47 bits per heavy atom. The van der Waals surface area contributed by atoms with Gasteiger partial charge in [0.1, 0.15) is 11.6 Å². The van der Waals surface area contributed by atoms with E-state index in [2.05, 4.69) is 20.6 Å². The summed E-state index contributed by atoms with van der Waals surface area (Å²) in [5.41, 5.74) is 0. The first kappa shape index (κ1) is 15.9. The van der Waals surface area contributed by atoms with Gasteiger partial charge in [0, 0.05) is 19.2 Å². The van der Waals surface area contributed by atoms with Gasteiger partial charge in [-0.05, 0) is 25.4 Å². The van der Waals surface area contributed by atoms with Crippen molar-refractivity contribution in [2.45, 2.75) is 25.6 Å². The zero-order valence-electron chi connectivity index (χ0n) is 11.0. The number of anilines is 2. The van der Waals surface area contributed by atoms with Gasteiger partial charge in [0.05, 0.1) is 0 Å². The number of thioether (sulfide) groups is 1. The molecule has 0 radical (unpaired) electrons. The van der Waals surface area contributed by atoms with E-state index in [4.69, 9.17) is 0 Å². The van der Waals surface area contributed by atoms with Crippen LogP contribution < -0.4 is 10.6 Å². The van der Waals surface area contributed by atoms with E-state index in [0.717, 1.165) is 12.2 Å². The summed E-state index contributed by atoms with van der Waals surface area (Å²) in [6.07, 6.45) is -1.72. The fraction of sp³-hybridized carbons (Fsp3) is 0.636. The van der Waals surface area contributed by atoms with Crippen molar-refractivity contribution in [2.75, 3.05) is 29.7 Å². The van der Waals surface area contributed by atoms with Crippen LogP contribution in [0.15, 0.2) is 6.07 Å². The van der Waals surface area contributed by atoms with Crippen molar-refractivity contribution in [3.05, 3.63) is 11.9 Å². The molecule has 0 saturated carbocycles. The highest BCUT2D eigenvalue weighted by Crippen LogP contribution is 2.28. The molecule has 1 rings (SSSR count). The van der Waals surface area contributed by atoms with Gasteiger partial charge in [0.25, 0.3) is 0 Å². The lowest BCUT2D eigenvalue weighted by Gasteiger charge is -2.16. The van der Waals surface area contributed by atoms with Crippen LogP contribution in [0.25, 0.3) is 0 Å². The maximum absolute atomic E-state index is 12.6. The molecule has 8 heteroatoms. The van der Waals surface area contributed by atoms with Crippen molar-refractivity contribution in [1.29, 1.82) is 0 Å². The fourth-order valence-electron chi connectivity index (χ4n) is 1.40. The van der Waals surface area contributed by atoms with Gasteiger partial charge in [-0.25, -0.2) is 9.97 Å². The molecule has 1 aromatic rings. The fourth-order valence-corrected chi connectivity index (χ4v) is 1.98.